The second-order valence-corrected chi connectivity index (χ2v) is 4.79. The van der Waals surface area contributed by atoms with Crippen LogP contribution in [0.1, 0.15) is 19.8 Å². The third-order valence-corrected chi connectivity index (χ3v) is 3.58. The molecule has 2 aliphatic heterocycles. The van der Waals surface area contributed by atoms with Gasteiger partial charge in [-0.2, -0.15) is 0 Å². The van der Waals surface area contributed by atoms with Gasteiger partial charge in [0.25, 0.3) is 0 Å². The molecule has 2 rings (SSSR count). The van der Waals surface area contributed by atoms with Gasteiger partial charge in [-0.15, -0.1) is 0 Å². The Morgan fingerprint density at radius 2 is 2.12 bits per heavy atom. The number of nitrogens with one attached hydrogen (secondary N) is 1. The highest BCUT2D eigenvalue weighted by molar-refractivity contribution is 5.82. The molecule has 0 radical (unpaired) electrons. The summed E-state index contributed by atoms with van der Waals surface area (Å²) >= 11 is 0. The van der Waals surface area contributed by atoms with E-state index in [1.165, 1.54) is 13.3 Å². The lowest BCUT2D eigenvalue weighted by molar-refractivity contribution is -0.138. The number of hydrogen-bond donors (Lipinski definition) is 2. The van der Waals surface area contributed by atoms with Gasteiger partial charge in [-0.1, -0.05) is 0 Å². The lowest BCUT2D eigenvalue weighted by Crippen LogP contribution is -2.56. The molecule has 0 aromatic heterocycles. The highest BCUT2D eigenvalue weighted by Crippen LogP contribution is 2.21. The molecule has 0 aromatic carbocycles. The lowest BCUT2D eigenvalue weighted by Gasteiger charge is -2.37. The monoisotopic (exact) mass is 241 g/mol. The van der Waals surface area contributed by atoms with Crippen molar-refractivity contribution in [2.24, 2.45) is 0 Å². The maximum Gasteiger partial charge on any atom is 0.325 e. The van der Waals surface area contributed by atoms with Crippen LogP contribution >= 0.6 is 0 Å². The Morgan fingerprint density at radius 1 is 1.35 bits per heavy atom. The first kappa shape index (κ1) is 12.2. The fourth-order valence-corrected chi connectivity index (χ4v) is 2.51. The van der Waals surface area contributed by atoms with Gasteiger partial charge in [0.1, 0.15) is 6.04 Å². The number of urea groups is 1. The molecule has 2 amide bonds. The molecule has 1 unspecified atom stereocenters. The minimum absolute atomic E-state index is 0.258. The smallest absolute Gasteiger partial charge is 0.325 e. The minimum Gasteiger partial charge on any atom is -0.480 e. The first-order chi connectivity index (χ1) is 8.08. The summed E-state index contributed by atoms with van der Waals surface area (Å²) < 4.78 is 0. The molecule has 2 saturated heterocycles. The summed E-state index contributed by atoms with van der Waals surface area (Å²) in [6, 6.07) is -0.620. The van der Waals surface area contributed by atoms with Crippen LogP contribution in [0.2, 0.25) is 0 Å². The van der Waals surface area contributed by atoms with Crippen LogP contribution in [0, 0.1) is 0 Å². The largest absolute Gasteiger partial charge is 0.480 e. The van der Waals surface area contributed by atoms with Crippen LogP contribution in [0.4, 0.5) is 4.79 Å². The van der Waals surface area contributed by atoms with E-state index in [9.17, 15) is 9.59 Å². The number of carbonyl (C=O) groups is 2. The van der Waals surface area contributed by atoms with Crippen LogP contribution in [-0.4, -0.2) is 65.2 Å². The molecule has 2 N–H and O–H groups in total. The Labute approximate surface area is 101 Å². The van der Waals surface area contributed by atoms with Crippen molar-refractivity contribution in [3.05, 3.63) is 0 Å². The maximum atomic E-state index is 11.8. The standard InChI is InChI=1S/C11H19N3O3/c1-8(10(15)16)12-11(17)14-6-5-13-4-2-3-9(13)7-14/h8-9H,2-7H2,1H3,(H,12,17)(H,15,16)/t8-,9?/m0/s1. The van der Waals surface area contributed by atoms with Gasteiger partial charge in [0.2, 0.25) is 0 Å². The topological polar surface area (TPSA) is 72.9 Å². The van der Waals surface area contributed by atoms with E-state index in [1.54, 1.807) is 4.90 Å². The van der Waals surface area contributed by atoms with Crippen LogP contribution in [-0.2, 0) is 4.79 Å². The van der Waals surface area contributed by atoms with Gasteiger partial charge in [0.15, 0.2) is 0 Å². The average molecular weight is 241 g/mol. The number of carbonyl (C=O) groups excluding carboxylic acids is 1. The van der Waals surface area contributed by atoms with E-state index in [0.717, 1.165) is 26.1 Å². The van der Waals surface area contributed by atoms with E-state index in [1.807, 2.05) is 0 Å². The number of fused-ring (bicyclic) bond motifs is 1. The predicted octanol–water partition coefficient (Wildman–Crippen LogP) is -0.0509. The number of carboxylic acid groups (broad SMARTS) is 1. The fourth-order valence-electron chi connectivity index (χ4n) is 2.51. The summed E-state index contributed by atoms with van der Waals surface area (Å²) in [4.78, 5) is 26.6. The molecule has 17 heavy (non-hydrogen) atoms. The molecule has 0 spiro atoms. The summed E-state index contributed by atoms with van der Waals surface area (Å²) in [5.41, 5.74) is 0. The molecule has 0 bridgehead atoms. The molecular weight excluding hydrogens is 222 g/mol. The Bertz CT molecular complexity index is 321. The molecule has 0 aromatic rings. The van der Waals surface area contributed by atoms with Crippen molar-refractivity contribution < 1.29 is 14.7 Å². The van der Waals surface area contributed by atoms with E-state index in [0.29, 0.717) is 12.6 Å². The van der Waals surface area contributed by atoms with E-state index in [2.05, 4.69) is 10.2 Å². The minimum atomic E-state index is -1.00. The van der Waals surface area contributed by atoms with Crippen molar-refractivity contribution in [3.8, 4) is 0 Å². The van der Waals surface area contributed by atoms with Crippen molar-refractivity contribution in [2.75, 3.05) is 26.2 Å². The van der Waals surface area contributed by atoms with E-state index < -0.39 is 12.0 Å². The van der Waals surface area contributed by atoms with Gasteiger partial charge in [0.05, 0.1) is 0 Å². The normalized spacial score (nSPS) is 26.4. The fraction of sp³-hybridized carbons (Fsp3) is 0.818. The first-order valence-electron chi connectivity index (χ1n) is 6.10. The summed E-state index contributed by atoms with van der Waals surface area (Å²) in [6.45, 7) is 4.92. The zero-order chi connectivity index (χ0) is 12.4. The van der Waals surface area contributed by atoms with Crippen molar-refractivity contribution in [1.82, 2.24) is 15.1 Å². The molecular formula is C11H19N3O3. The molecule has 2 aliphatic rings. The number of piperazine rings is 1. The third kappa shape index (κ3) is 2.69. The summed E-state index contributed by atoms with van der Waals surface area (Å²) in [5.74, 6) is -1.00. The maximum absolute atomic E-state index is 11.8. The molecule has 2 fully saturated rings. The number of hydrogen-bond acceptors (Lipinski definition) is 3. The summed E-state index contributed by atoms with van der Waals surface area (Å²) in [7, 11) is 0. The average Bonchev–Trinajstić information content (AvgIpc) is 2.75. The van der Waals surface area contributed by atoms with Crippen molar-refractivity contribution >= 4 is 12.0 Å². The number of amides is 2. The number of carboxylic acids is 1. The van der Waals surface area contributed by atoms with Crippen LogP contribution in [0.5, 0.6) is 0 Å². The van der Waals surface area contributed by atoms with Crippen molar-refractivity contribution in [1.29, 1.82) is 0 Å². The van der Waals surface area contributed by atoms with Crippen molar-refractivity contribution in [3.63, 3.8) is 0 Å². The Hall–Kier alpha value is -1.30. The van der Waals surface area contributed by atoms with E-state index in [-0.39, 0.29) is 6.03 Å². The zero-order valence-corrected chi connectivity index (χ0v) is 10.1. The van der Waals surface area contributed by atoms with Gasteiger partial charge in [-0.3, -0.25) is 9.69 Å². The van der Waals surface area contributed by atoms with Gasteiger partial charge >= 0.3 is 12.0 Å². The second kappa shape index (κ2) is 4.91. The quantitative estimate of drug-likeness (QED) is 0.711. The molecule has 96 valence electrons. The molecule has 2 heterocycles. The molecule has 0 saturated carbocycles. The van der Waals surface area contributed by atoms with E-state index in [4.69, 9.17) is 5.11 Å². The van der Waals surface area contributed by atoms with Crippen LogP contribution in [0.25, 0.3) is 0 Å². The third-order valence-electron chi connectivity index (χ3n) is 3.58. The lowest BCUT2D eigenvalue weighted by atomic mass is 10.1. The Balaban J connectivity index is 1.86. The molecule has 6 heteroatoms. The zero-order valence-electron chi connectivity index (χ0n) is 10.1. The van der Waals surface area contributed by atoms with Gasteiger partial charge in [0, 0.05) is 25.7 Å². The number of aliphatic carboxylic acids is 1. The second-order valence-electron chi connectivity index (χ2n) is 4.79. The van der Waals surface area contributed by atoms with E-state index >= 15 is 0 Å². The SMILES string of the molecule is C[C@H](NC(=O)N1CCN2CCCC2C1)C(=O)O. The highest BCUT2D eigenvalue weighted by atomic mass is 16.4. The number of nitrogens with zero attached hydrogens (tertiary/aromatic N) is 2. The summed E-state index contributed by atoms with van der Waals surface area (Å²) in [5, 5.41) is 11.2. The van der Waals surface area contributed by atoms with Crippen LogP contribution < -0.4 is 5.32 Å². The molecule has 6 nitrogen and oxygen atoms in total. The number of rotatable bonds is 2. The van der Waals surface area contributed by atoms with Crippen LogP contribution in [0.3, 0.4) is 0 Å². The predicted molar refractivity (Wildman–Crippen MR) is 61.8 cm³/mol. The highest BCUT2D eigenvalue weighted by Gasteiger charge is 2.33. The van der Waals surface area contributed by atoms with Gasteiger partial charge in [-0.05, 0) is 26.3 Å². The molecule has 2 atom stereocenters. The van der Waals surface area contributed by atoms with Gasteiger partial charge in [-0.25, -0.2) is 4.79 Å². The molecule has 0 aliphatic carbocycles. The van der Waals surface area contributed by atoms with Crippen molar-refractivity contribution in [2.45, 2.75) is 31.8 Å². The summed E-state index contributed by atoms with van der Waals surface area (Å²) in [6.07, 6.45) is 2.34. The van der Waals surface area contributed by atoms with Crippen LogP contribution in [0.15, 0.2) is 0 Å². The Morgan fingerprint density at radius 3 is 2.82 bits per heavy atom. The van der Waals surface area contributed by atoms with Gasteiger partial charge < -0.3 is 15.3 Å². The Kier molecular flexibility index (Phi) is 3.51. The first-order valence-corrected chi connectivity index (χ1v) is 6.10.